The molecule has 170 valence electrons. The first-order chi connectivity index (χ1) is 15.6. The number of imide groups is 1. The van der Waals surface area contributed by atoms with Gasteiger partial charge in [0.1, 0.15) is 5.56 Å². The van der Waals surface area contributed by atoms with E-state index in [9.17, 15) is 19.5 Å². The molecule has 0 aliphatic carbocycles. The number of urea groups is 1. The number of aromatic amines is 1. The predicted molar refractivity (Wildman–Crippen MR) is 124 cm³/mol. The number of likely N-dealkylation sites (N-methyl/N-ethyl adjacent to an activating group) is 3. The fraction of sp³-hybridized carbons (Fsp3) is 0.250. The zero-order valence-electron chi connectivity index (χ0n) is 18.2. The van der Waals surface area contributed by atoms with Gasteiger partial charge >= 0.3 is 17.8 Å². The van der Waals surface area contributed by atoms with Crippen molar-refractivity contribution in [2.24, 2.45) is 5.10 Å². The highest BCUT2D eigenvalue weighted by atomic mass is 32.1. The van der Waals surface area contributed by atoms with E-state index in [0.29, 0.717) is 5.69 Å². The molecule has 1 aromatic heterocycles. The van der Waals surface area contributed by atoms with Crippen LogP contribution in [0.2, 0.25) is 0 Å². The third-order valence-electron chi connectivity index (χ3n) is 5.41. The van der Waals surface area contributed by atoms with Crippen molar-refractivity contribution in [2.45, 2.75) is 13.0 Å². The second-order valence-corrected chi connectivity index (χ2v) is 7.97. The number of aryl methyl sites for hydroxylation is 1. The van der Waals surface area contributed by atoms with Gasteiger partial charge in [0.15, 0.2) is 4.77 Å². The third kappa shape index (κ3) is 3.58. The van der Waals surface area contributed by atoms with Crippen molar-refractivity contribution in [3.63, 3.8) is 0 Å². The van der Waals surface area contributed by atoms with Crippen LogP contribution in [-0.4, -0.2) is 86.5 Å². The lowest BCUT2D eigenvalue weighted by molar-refractivity contribution is -0.130. The van der Waals surface area contributed by atoms with Gasteiger partial charge in [-0.15, -0.1) is 5.10 Å². The van der Waals surface area contributed by atoms with E-state index in [1.165, 1.54) is 28.5 Å². The summed E-state index contributed by atoms with van der Waals surface area (Å²) in [6.45, 7) is 1.89. The quantitative estimate of drug-likeness (QED) is 0.238. The van der Waals surface area contributed by atoms with Crippen LogP contribution in [0.15, 0.2) is 34.2 Å². The number of hydrogen-bond acceptors (Lipinski definition) is 8. The predicted octanol–water partition coefficient (Wildman–Crippen LogP) is -0.508. The molecule has 0 spiro atoms. The van der Waals surface area contributed by atoms with Crippen LogP contribution >= 0.6 is 12.2 Å². The van der Waals surface area contributed by atoms with Crippen LogP contribution in [0.1, 0.15) is 11.1 Å². The molecule has 0 radical (unpaired) electrons. The summed E-state index contributed by atoms with van der Waals surface area (Å²) in [6.07, 6.45) is 1.13. The number of aromatic nitrogens is 2. The highest BCUT2D eigenvalue weighted by molar-refractivity contribution is 7.71. The van der Waals surface area contributed by atoms with Crippen LogP contribution in [0.4, 0.5) is 4.79 Å². The van der Waals surface area contributed by atoms with Crippen LogP contribution in [0.3, 0.4) is 0 Å². The van der Waals surface area contributed by atoms with Crippen molar-refractivity contribution < 1.29 is 14.7 Å². The third-order valence-corrected chi connectivity index (χ3v) is 5.69. The summed E-state index contributed by atoms with van der Waals surface area (Å²) in [6, 6.07) is 5.97. The molecule has 33 heavy (non-hydrogen) atoms. The lowest BCUT2D eigenvalue weighted by atomic mass is 10.1. The molecule has 0 bridgehead atoms. The minimum Gasteiger partial charge on any atom is -0.494 e. The number of guanidine groups is 1. The average Bonchev–Trinajstić information content (AvgIpc) is 3.09. The highest BCUT2D eigenvalue weighted by Crippen LogP contribution is 2.19. The largest absolute Gasteiger partial charge is 0.494 e. The Kier molecular flexibility index (Phi) is 5.36. The number of amides is 3. The number of nitrogens with one attached hydrogen (secondary N) is 2. The molecule has 2 aromatic rings. The van der Waals surface area contributed by atoms with Crippen LogP contribution in [0.25, 0.3) is 5.69 Å². The number of fused-ring (bicyclic) bond motifs is 1. The zero-order chi connectivity index (χ0) is 24.0. The first-order valence-electron chi connectivity index (χ1n) is 9.80. The maximum absolute atomic E-state index is 12.5. The van der Waals surface area contributed by atoms with Crippen molar-refractivity contribution in [1.29, 1.82) is 0 Å². The Morgan fingerprint density at radius 2 is 1.94 bits per heavy atom. The smallest absolute Gasteiger partial charge is 0.421 e. The number of hydrogen-bond donors (Lipinski definition) is 3. The normalized spacial score (nSPS) is 18.1. The molecule has 1 atom stereocenters. The molecular formula is C20H21N8O4S+. The maximum Gasteiger partial charge on any atom is 0.421 e. The molecule has 2 aliphatic heterocycles. The Balaban J connectivity index is 1.66. The van der Waals surface area contributed by atoms with Gasteiger partial charge in [-0.3, -0.25) is 24.0 Å². The standard InChI is InChI=1S/C20H20N8O4S/c1-10-6-5-7-11(8-10)28-16(30)12(15(29)23-19(28)33)9-21-24-18-22-14-13(25(18)2)17(31)27(4)20(32)26(14)3/h5-9,13H,1-4H3,(H2,21,23,29,30,33)/p+1. The second kappa shape index (κ2) is 8.04. The number of amidine groups is 1. The van der Waals surface area contributed by atoms with Crippen molar-refractivity contribution in [3.8, 4) is 11.6 Å². The summed E-state index contributed by atoms with van der Waals surface area (Å²) in [5.41, 5.74) is 3.42. The molecule has 13 heteroatoms. The molecule has 2 aliphatic rings. The number of hydrazone groups is 1. The Morgan fingerprint density at radius 3 is 2.64 bits per heavy atom. The summed E-state index contributed by atoms with van der Waals surface area (Å²) in [7, 11) is 4.54. The van der Waals surface area contributed by atoms with Crippen molar-refractivity contribution >= 4 is 42.2 Å². The Hall–Kier alpha value is -4.22. The van der Waals surface area contributed by atoms with E-state index in [2.05, 4.69) is 20.2 Å². The molecule has 1 fully saturated rings. The zero-order valence-corrected chi connectivity index (χ0v) is 19.0. The number of carbonyl (C=O) groups is 2. The molecule has 0 saturated carbocycles. The van der Waals surface area contributed by atoms with Crippen molar-refractivity contribution in [1.82, 2.24) is 34.3 Å². The minimum atomic E-state index is -0.782. The van der Waals surface area contributed by atoms with E-state index in [1.54, 1.807) is 25.2 Å². The number of H-pyrrole nitrogens is 1. The summed E-state index contributed by atoms with van der Waals surface area (Å²) in [4.78, 5) is 43.4. The van der Waals surface area contributed by atoms with Gasteiger partial charge in [-0.05, 0) is 36.8 Å². The molecule has 4 rings (SSSR count). The molecule has 1 aromatic carbocycles. The Labute approximate surface area is 192 Å². The molecule has 3 amide bonds. The summed E-state index contributed by atoms with van der Waals surface area (Å²) >= 11 is 5.22. The van der Waals surface area contributed by atoms with E-state index in [0.717, 1.165) is 16.7 Å². The topological polar surface area (TPSA) is 140 Å². The second-order valence-electron chi connectivity index (χ2n) is 7.59. The number of carbonyl (C=O) groups excluding carboxylic acids is 2. The van der Waals surface area contributed by atoms with E-state index in [4.69, 9.17) is 12.2 Å². The first kappa shape index (κ1) is 22.0. The molecule has 1 unspecified atom stereocenters. The summed E-state index contributed by atoms with van der Waals surface area (Å²) in [5, 5.41) is 14.8. The summed E-state index contributed by atoms with van der Waals surface area (Å²) < 4.78 is 5.65. The van der Waals surface area contributed by atoms with E-state index < -0.39 is 23.5 Å². The van der Waals surface area contributed by atoms with Gasteiger partial charge in [0.25, 0.3) is 11.5 Å². The van der Waals surface area contributed by atoms with Crippen molar-refractivity contribution in [3.05, 3.63) is 50.5 Å². The van der Waals surface area contributed by atoms with Gasteiger partial charge in [0.05, 0.1) is 18.9 Å². The van der Waals surface area contributed by atoms with Gasteiger partial charge < -0.3 is 5.11 Å². The summed E-state index contributed by atoms with van der Waals surface area (Å²) in [5.74, 6) is -0.352. The molecule has 1 saturated heterocycles. The number of nitrogens with zero attached hydrogens (tertiary/aromatic N) is 6. The molecule has 12 nitrogen and oxygen atoms in total. The van der Waals surface area contributed by atoms with Gasteiger partial charge in [0.2, 0.25) is 11.9 Å². The first-order valence-corrected chi connectivity index (χ1v) is 10.2. The van der Waals surface area contributed by atoms with Gasteiger partial charge in [-0.2, -0.15) is 5.43 Å². The number of aromatic hydroxyl groups is 1. The van der Waals surface area contributed by atoms with E-state index in [1.807, 2.05) is 13.0 Å². The molecular weight excluding hydrogens is 448 g/mol. The van der Waals surface area contributed by atoms with Crippen LogP contribution in [-0.2, 0) is 4.79 Å². The van der Waals surface area contributed by atoms with Crippen LogP contribution in [0.5, 0.6) is 5.88 Å². The van der Waals surface area contributed by atoms with Crippen LogP contribution in [0, 0.1) is 11.7 Å². The van der Waals surface area contributed by atoms with Gasteiger partial charge in [0, 0.05) is 14.1 Å². The fourth-order valence-electron chi connectivity index (χ4n) is 3.60. The highest BCUT2D eigenvalue weighted by Gasteiger charge is 2.53. The van der Waals surface area contributed by atoms with Crippen LogP contribution < -0.4 is 15.7 Å². The monoisotopic (exact) mass is 469 g/mol. The van der Waals surface area contributed by atoms with E-state index >= 15 is 0 Å². The van der Waals surface area contributed by atoms with E-state index in [-0.39, 0.29) is 28.0 Å². The Bertz CT molecular complexity index is 1400. The Morgan fingerprint density at radius 1 is 1.21 bits per heavy atom. The number of benzene rings is 1. The maximum atomic E-state index is 12.5. The van der Waals surface area contributed by atoms with Crippen molar-refractivity contribution in [2.75, 3.05) is 21.1 Å². The minimum absolute atomic E-state index is 0.0314. The lowest BCUT2D eigenvalue weighted by Crippen LogP contribution is -2.63. The molecule has 3 heterocycles. The SMILES string of the molecule is Cc1cccc(-n2c(O)c(/C=N/NC3=[N+]=C4C(C(=O)N(C)C(=O)N4C)N3C)c(=O)[nH]c2=S)c1. The van der Waals surface area contributed by atoms with Gasteiger partial charge in [-0.1, -0.05) is 12.1 Å². The lowest BCUT2D eigenvalue weighted by Gasteiger charge is -2.30. The van der Waals surface area contributed by atoms with Gasteiger partial charge in [-0.25, -0.2) is 19.3 Å². The fourth-order valence-corrected chi connectivity index (χ4v) is 3.88. The average molecular weight is 470 g/mol. The number of rotatable bonds is 3. The molecule has 3 N–H and O–H groups in total.